The van der Waals surface area contributed by atoms with Crippen LogP contribution in [0.4, 0.5) is 0 Å². The second kappa shape index (κ2) is 9.97. The lowest BCUT2D eigenvalue weighted by atomic mass is 10.3. The molecule has 0 aliphatic rings. The van der Waals surface area contributed by atoms with Gasteiger partial charge in [0, 0.05) is 6.42 Å². The van der Waals surface area contributed by atoms with Crippen LogP contribution in [0.25, 0.3) is 0 Å². The number of halogens is 2. The highest BCUT2D eigenvalue weighted by Crippen LogP contribution is 2.25. The molecular formula is C19H18Cl2O4. The maximum Gasteiger partial charge on any atom is 0.169 e. The molecule has 0 atom stereocenters. The van der Waals surface area contributed by atoms with Gasteiger partial charge in [0.15, 0.2) is 5.78 Å². The molecule has 6 heteroatoms. The fourth-order valence-electron chi connectivity index (χ4n) is 1.81. The van der Waals surface area contributed by atoms with Crippen molar-refractivity contribution in [2.24, 2.45) is 0 Å². The predicted octanol–water partition coefficient (Wildman–Crippen LogP) is 5.53. The van der Waals surface area contributed by atoms with Crippen molar-refractivity contribution in [3.05, 3.63) is 59.1 Å². The lowest BCUT2D eigenvalue weighted by Gasteiger charge is -2.09. The van der Waals surface area contributed by atoms with E-state index in [2.05, 4.69) is 0 Å². The van der Waals surface area contributed by atoms with Gasteiger partial charge in [-0.2, -0.15) is 0 Å². The van der Waals surface area contributed by atoms with Crippen LogP contribution in [-0.2, 0) is 4.79 Å². The smallest absolute Gasteiger partial charge is 0.169 e. The Morgan fingerprint density at radius 1 is 0.880 bits per heavy atom. The van der Waals surface area contributed by atoms with E-state index in [-0.39, 0.29) is 16.9 Å². The highest BCUT2D eigenvalue weighted by molar-refractivity contribution is 6.55. The summed E-state index contributed by atoms with van der Waals surface area (Å²) in [4.78, 5) is 11.2. The number of ketones is 1. The Hall–Kier alpha value is -2.17. The fourth-order valence-corrected chi connectivity index (χ4v) is 1.94. The molecule has 25 heavy (non-hydrogen) atoms. The third-order valence-corrected chi connectivity index (χ3v) is 3.47. The van der Waals surface area contributed by atoms with Gasteiger partial charge in [0.05, 0.1) is 0 Å². The fraction of sp³-hybridized carbons (Fsp3) is 0.211. The molecule has 0 saturated carbocycles. The molecule has 0 unspecified atom stereocenters. The van der Waals surface area contributed by atoms with Gasteiger partial charge in [-0.1, -0.05) is 30.1 Å². The molecule has 4 nitrogen and oxygen atoms in total. The SMILES string of the molecule is CCC(=O)COc1ccc(Oc2ccc(OCC=C(Cl)Cl)cc2)cc1. The predicted molar refractivity (Wildman–Crippen MR) is 99.0 cm³/mol. The van der Waals surface area contributed by atoms with Crippen molar-refractivity contribution < 1.29 is 19.0 Å². The standard InChI is InChI=1S/C19H18Cl2O4/c1-2-14(22)13-24-16-5-9-18(10-6-16)25-17-7-3-15(4-8-17)23-12-11-19(20)21/h3-11H,2,12-13H2,1H3. The van der Waals surface area contributed by atoms with Crippen molar-refractivity contribution >= 4 is 29.0 Å². The Bertz CT molecular complexity index is 705. The van der Waals surface area contributed by atoms with E-state index in [1.807, 2.05) is 6.92 Å². The van der Waals surface area contributed by atoms with Crippen molar-refractivity contribution in [2.75, 3.05) is 13.2 Å². The van der Waals surface area contributed by atoms with Crippen LogP contribution in [0.15, 0.2) is 59.1 Å². The average molecular weight is 381 g/mol. The van der Waals surface area contributed by atoms with Crippen LogP contribution in [0.5, 0.6) is 23.0 Å². The van der Waals surface area contributed by atoms with Gasteiger partial charge in [-0.3, -0.25) is 4.79 Å². The van der Waals surface area contributed by atoms with Gasteiger partial charge in [-0.15, -0.1) is 0 Å². The molecule has 0 saturated heterocycles. The summed E-state index contributed by atoms with van der Waals surface area (Å²) in [5, 5.41) is 0. The van der Waals surface area contributed by atoms with E-state index in [1.165, 1.54) is 0 Å². The molecular weight excluding hydrogens is 363 g/mol. The Kier molecular flexibility index (Phi) is 7.64. The highest BCUT2D eigenvalue weighted by atomic mass is 35.5. The van der Waals surface area contributed by atoms with E-state index >= 15 is 0 Å². The van der Waals surface area contributed by atoms with E-state index < -0.39 is 0 Å². The molecule has 2 aromatic rings. The Morgan fingerprint density at radius 3 is 1.84 bits per heavy atom. The number of hydrogen-bond acceptors (Lipinski definition) is 4. The first kappa shape index (κ1) is 19.2. The lowest BCUT2D eigenvalue weighted by molar-refractivity contribution is -0.120. The molecule has 0 bridgehead atoms. The quantitative estimate of drug-likeness (QED) is 0.573. The zero-order chi connectivity index (χ0) is 18.1. The van der Waals surface area contributed by atoms with Crippen molar-refractivity contribution in [1.82, 2.24) is 0 Å². The molecule has 0 aromatic heterocycles. The summed E-state index contributed by atoms with van der Waals surface area (Å²) < 4.78 is 16.8. The molecule has 2 aromatic carbocycles. The Labute approximate surface area is 156 Å². The highest BCUT2D eigenvalue weighted by Gasteiger charge is 2.02. The average Bonchev–Trinajstić information content (AvgIpc) is 2.62. The number of hydrogen-bond donors (Lipinski definition) is 0. The van der Waals surface area contributed by atoms with Crippen molar-refractivity contribution in [3.63, 3.8) is 0 Å². The Morgan fingerprint density at radius 2 is 1.36 bits per heavy atom. The van der Waals surface area contributed by atoms with E-state index in [0.29, 0.717) is 36.0 Å². The zero-order valence-electron chi connectivity index (χ0n) is 13.7. The minimum absolute atomic E-state index is 0.0615. The number of rotatable bonds is 9. The van der Waals surface area contributed by atoms with Gasteiger partial charge in [-0.05, 0) is 54.6 Å². The molecule has 0 N–H and O–H groups in total. The van der Waals surface area contributed by atoms with E-state index in [4.69, 9.17) is 37.4 Å². The number of benzene rings is 2. The molecule has 0 heterocycles. The minimum atomic E-state index is 0.0615. The van der Waals surface area contributed by atoms with Crippen molar-refractivity contribution in [2.45, 2.75) is 13.3 Å². The maximum absolute atomic E-state index is 11.2. The summed E-state index contributed by atoms with van der Waals surface area (Å²) in [5.74, 6) is 2.71. The molecule has 0 aliphatic carbocycles. The van der Waals surface area contributed by atoms with Crippen LogP contribution in [0, 0.1) is 0 Å². The summed E-state index contributed by atoms with van der Waals surface area (Å²) in [6, 6.07) is 14.3. The third-order valence-electron chi connectivity index (χ3n) is 3.16. The van der Waals surface area contributed by atoms with Gasteiger partial charge in [0.1, 0.15) is 40.7 Å². The summed E-state index contributed by atoms with van der Waals surface area (Å²) in [6.07, 6.45) is 2.03. The van der Waals surface area contributed by atoms with Crippen LogP contribution in [-0.4, -0.2) is 19.0 Å². The third kappa shape index (κ3) is 7.08. The number of carbonyl (C=O) groups excluding carboxylic acids is 1. The molecule has 0 spiro atoms. The van der Waals surface area contributed by atoms with E-state index in [9.17, 15) is 4.79 Å². The second-order valence-corrected chi connectivity index (χ2v) is 6.04. The van der Waals surface area contributed by atoms with Crippen LogP contribution < -0.4 is 14.2 Å². The first-order valence-corrected chi connectivity index (χ1v) is 8.49. The number of carbonyl (C=O) groups is 1. The van der Waals surface area contributed by atoms with Gasteiger partial charge in [0.2, 0.25) is 0 Å². The normalized spacial score (nSPS) is 10.0. The molecule has 0 fully saturated rings. The molecule has 0 amide bonds. The molecule has 2 rings (SSSR count). The first-order chi connectivity index (χ1) is 12.1. The molecule has 0 radical (unpaired) electrons. The van der Waals surface area contributed by atoms with Crippen molar-refractivity contribution in [3.8, 4) is 23.0 Å². The van der Waals surface area contributed by atoms with Crippen molar-refractivity contribution in [1.29, 1.82) is 0 Å². The second-order valence-electron chi connectivity index (χ2n) is 5.03. The summed E-state index contributed by atoms with van der Waals surface area (Å²) in [6.45, 7) is 2.19. The molecule has 132 valence electrons. The van der Waals surface area contributed by atoms with Crippen LogP contribution >= 0.6 is 23.2 Å². The number of Topliss-reactive ketones (excluding diaryl/α,β-unsaturated/α-hetero) is 1. The van der Waals surface area contributed by atoms with E-state index in [0.717, 1.165) is 0 Å². The van der Waals surface area contributed by atoms with Gasteiger partial charge in [-0.25, -0.2) is 0 Å². The monoisotopic (exact) mass is 380 g/mol. The summed E-state index contributed by atoms with van der Waals surface area (Å²) in [5.41, 5.74) is 0. The van der Waals surface area contributed by atoms with Gasteiger partial charge >= 0.3 is 0 Å². The number of ether oxygens (including phenoxy) is 3. The largest absolute Gasteiger partial charge is 0.489 e. The van der Waals surface area contributed by atoms with Gasteiger partial charge in [0.25, 0.3) is 0 Å². The zero-order valence-corrected chi connectivity index (χ0v) is 15.2. The van der Waals surface area contributed by atoms with Gasteiger partial charge < -0.3 is 14.2 Å². The van der Waals surface area contributed by atoms with Crippen LogP contribution in [0.3, 0.4) is 0 Å². The van der Waals surface area contributed by atoms with Crippen LogP contribution in [0.1, 0.15) is 13.3 Å². The topological polar surface area (TPSA) is 44.8 Å². The minimum Gasteiger partial charge on any atom is -0.489 e. The summed E-state index contributed by atoms with van der Waals surface area (Å²) >= 11 is 11.0. The summed E-state index contributed by atoms with van der Waals surface area (Å²) in [7, 11) is 0. The van der Waals surface area contributed by atoms with Crippen LogP contribution in [0.2, 0.25) is 0 Å². The molecule has 0 aliphatic heterocycles. The lowest BCUT2D eigenvalue weighted by Crippen LogP contribution is -2.09. The first-order valence-electron chi connectivity index (χ1n) is 7.73. The van der Waals surface area contributed by atoms with E-state index in [1.54, 1.807) is 54.6 Å². The Balaban J connectivity index is 1.87. The maximum atomic E-state index is 11.2.